The van der Waals surface area contributed by atoms with E-state index in [2.05, 4.69) is 108 Å². The molecule has 0 aliphatic carbocycles. The van der Waals surface area contributed by atoms with Gasteiger partial charge in [0, 0.05) is 27.6 Å². The molecule has 0 heterocycles. The van der Waals surface area contributed by atoms with Gasteiger partial charge >= 0.3 is 6.18 Å². The second-order valence-electron chi connectivity index (χ2n) is 15.2. The molecule has 3 nitrogen and oxygen atoms in total. The van der Waals surface area contributed by atoms with Gasteiger partial charge in [-0.25, -0.2) is 0 Å². The van der Waals surface area contributed by atoms with E-state index in [-0.39, 0.29) is 22.2 Å². The molecule has 0 N–H and O–H groups in total. The second-order valence-corrected chi connectivity index (χ2v) is 27.9. The van der Waals surface area contributed by atoms with Crippen LogP contribution in [0.3, 0.4) is 0 Å². The minimum absolute atomic E-state index is 0.00305. The summed E-state index contributed by atoms with van der Waals surface area (Å²) in [5, 5.41) is -1.13. The number of hydrogen-bond donors (Lipinski definition) is 0. The first-order valence-corrected chi connectivity index (χ1v) is 24.6. The van der Waals surface area contributed by atoms with Crippen molar-refractivity contribution >= 4 is 25.0 Å². The average Bonchev–Trinajstić information content (AvgIpc) is 2.93. The largest absolute Gasteiger partial charge is 0.414 e. The fourth-order valence-corrected chi connectivity index (χ4v) is 18.3. The molecule has 0 radical (unpaired) electrons. The van der Waals surface area contributed by atoms with Crippen LogP contribution in [0.2, 0.25) is 47.3 Å². The molecule has 0 fully saturated rings. The minimum Gasteiger partial charge on any atom is -0.414 e. The zero-order valence-electron chi connectivity index (χ0n) is 31.0. The Bertz CT molecular complexity index is 928. The van der Waals surface area contributed by atoms with Crippen LogP contribution in [0.4, 0.5) is 13.2 Å². The van der Waals surface area contributed by atoms with Crippen molar-refractivity contribution in [2.24, 2.45) is 0 Å². The molecule has 0 aromatic rings. The summed E-state index contributed by atoms with van der Waals surface area (Å²) in [7, 11) is -8.24. The van der Waals surface area contributed by atoms with Crippen LogP contribution in [0.1, 0.15) is 122 Å². The smallest absolute Gasteiger partial charge is 0.388 e. The summed E-state index contributed by atoms with van der Waals surface area (Å²) < 4.78 is 62.6. The van der Waals surface area contributed by atoms with E-state index < -0.39 is 53.8 Å². The van der Waals surface area contributed by atoms with Crippen LogP contribution in [-0.2, 0) is 13.3 Å². The van der Waals surface area contributed by atoms with Crippen molar-refractivity contribution in [3.8, 4) is 0 Å². The predicted octanol–water partition coefficient (Wildman–Crippen LogP) is 12.5. The zero-order valence-corrected chi connectivity index (χ0v) is 34.0. The van der Waals surface area contributed by atoms with Crippen LogP contribution in [0.25, 0.3) is 0 Å². The SMILES string of the molecule is C=CC(C)(CC)[Si](C)(C)OC(C)(CC)C(C)(CC)[Si](C)(C=C)O[C@](C)(CC)C(C)(C)[Si](C)(CCC(F)(F)F)OC(C)CC. The van der Waals surface area contributed by atoms with Gasteiger partial charge in [0.15, 0.2) is 16.6 Å². The first-order valence-electron chi connectivity index (χ1n) is 16.6. The van der Waals surface area contributed by atoms with Gasteiger partial charge < -0.3 is 13.3 Å². The topological polar surface area (TPSA) is 27.7 Å². The average molecular weight is 667 g/mol. The molecule has 9 heteroatoms. The summed E-state index contributed by atoms with van der Waals surface area (Å²) in [5.74, 6) is 0. The van der Waals surface area contributed by atoms with E-state index in [1.165, 1.54) is 0 Å². The van der Waals surface area contributed by atoms with Gasteiger partial charge in [0.2, 0.25) is 8.32 Å². The lowest BCUT2D eigenvalue weighted by molar-refractivity contribution is -0.131. The lowest BCUT2D eigenvalue weighted by atomic mass is 9.85. The number of alkyl halides is 3. The quantitative estimate of drug-likeness (QED) is 0.0956. The van der Waals surface area contributed by atoms with Gasteiger partial charge in [-0.1, -0.05) is 74.1 Å². The molecule has 0 amide bonds. The van der Waals surface area contributed by atoms with Crippen molar-refractivity contribution in [1.29, 1.82) is 0 Å². The molecule has 0 spiro atoms. The first kappa shape index (κ1) is 42.8. The molecule has 6 unspecified atom stereocenters. The number of halogens is 3. The molecule has 0 saturated heterocycles. The van der Waals surface area contributed by atoms with Gasteiger partial charge in [-0.2, -0.15) is 13.2 Å². The van der Waals surface area contributed by atoms with Crippen molar-refractivity contribution in [3.05, 3.63) is 24.9 Å². The van der Waals surface area contributed by atoms with Gasteiger partial charge in [-0.05, 0) is 85.1 Å². The molecular formula is C34H69F3O3Si3. The number of rotatable bonds is 20. The van der Waals surface area contributed by atoms with E-state index in [0.717, 1.165) is 25.7 Å². The van der Waals surface area contributed by atoms with Gasteiger partial charge in [0.25, 0.3) is 0 Å². The summed E-state index contributed by atoms with van der Waals surface area (Å²) in [6.07, 6.45) is 0.802. The van der Waals surface area contributed by atoms with Crippen molar-refractivity contribution in [2.45, 2.75) is 192 Å². The predicted molar refractivity (Wildman–Crippen MR) is 188 cm³/mol. The van der Waals surface area contributed by atoms with E-state index >= 15 is 0 Å². The van der Waals surface area contributed by atoms with E-state index in [1.807, 2.05) is 26.1 Å². The van der Waals surface area contributed by atoms with E-state index in [9.17, 15) is 13.2 Å². The van der Waals surface area contributed by atoms with Crippen LogP contribution < -0.4 is 0 Å². The monoisotopic (exact) mass is 666 g/mol. The van der Waals surface area contributed by atoms with Crippen molar-refractivity contribution in [1.82, 2.24) is 0 Å². The highest BCUT2D eigenvalue weighted by atomic mass is 28.4. The normalized spacial score (nSPS) is 22.6. The van der Waals surface area contributed by atoms with Gasteiger partial charge in [-0.3, -0.25) is 0 Å². The van der Waals surface area contributed by atoms with Crippen LogP contribution in [0, 0.1) is 0 Å². The summed E-state index contributed by atoms with van der Waals surface area (Å²) in [6, 6.07) is -0.00305. The maximum absolute atomic E-state index is 13.7. The van der Waals surface area contributed by atoms with Crippen LogP contribution in [0.15, 0.2) is 24.9 Å². The molecular weight excluding hydrogens is 598 g/mol. The molecule has 0 aliphatic rings. The Kier molecular flexibility index (Phi) is 14.6. The van der Waals surface area contributed by atoms with Crippen LogP contribution in [0.5, 0.6) is 0 Å². The first-order chi connectivity index (χ1) is 19.2. The Hall–Kier alpha value is -0.199. The van der Waals surface area contributed by atoms with Gasteiger partial charge in [0.1, 0.15) is 0 Å². The highest BCUT2D eigenvalue weighted by molar-refractivity contribution is 6.81. The number of hydrogen-bond acceptors (Lipinski definition) is 3. The van der Waals surface area contributed by atoms with E-state index in [0.29, 0.717) is 6.42 Å². The summed E-state index contributed by atoms with van der Waals surface area (Å²) in [6.45, 7) is 43.1. The molecule has 0 saturated carbocycles. The standard InChI is InChI=1S/C34H69F3O3Si3/c1-19-28(8)38-43(18,27-26-34(35,36)37)29(9,10)31(12,22-4)40-42(17,25-7)33(14,24-6)32(13,23-5)39-41(15,16)30(11,20-2)21-3/h20,25,28H,2,7,19,21-24,26-27H2,1,3-6,8-18H3/t28?,30?,31-,32?,33?,42?,43?/m1/s1. The Labute approximate surface area is 268 Å². The highest BCUT2D eigenvalue weighted by Crippen LogP contribution is 2.61. The highest BCUT2D eigenvalue weighted by Gasteiger charge is 2.64. The van der Waals surface area contributed by atoms with Gasteiger partial charge in [0.05, 0.1) is 11.2 Å². The van der Waals surface area contributed by atoms with Crippen molar-refractivity contribution in [3.63, 3.8) is 0 Å². The van der Waals surface area contributed by atoms with Gasteiger partial charge in [-0.15, -0.1) is 13.2 Å². The lowest BCUT2D eigenvalue weighted by Crippen LogP contribution is -2.66. The Balaban J connectivity index is 7.20. The lowest BCUT2D eigenvalue weighted by Gasteiger charge is -2.61. The fraction of sp³-hybridized carbons (Fsp3) is 0.882. The summed E-state index contributed by atoms with van der Waals surface area (Å²) in [5.41, 5.74) is 0.775. The summed E-state index contributed by atoms with van der Waals surface area (Å²) in [4.78, 5) is 0. The Morgan fingerprint density at radius 3 is 1.56 bits per heavy atom. The maximum atomic E-state index is 13.7. The molecule has 256 valence electrons. The van der Waals surface area contributed by atoms with Crippen LogP contribution in [-0.4, -0.2) is 48.4 Å². The van der Waals surface area contributed by atoms with Crippen molar-refractivity contribution < 1.29 is 26.4 Å². The molecule has 0 aliphatic heterocycles. The Morgan fingerprint density at radius 2 is 1.23 bits per heavy atom. The third-order valence-electron chi connectivity index (χ3n) is 12.8. The fourth-order valence-electron chi connectivity index (χ4n) is 6.80. The number of allylic oxidation sites excluding steroid dienone is 1. The van der Waals surface area contributed by atoms with Crippen molar-refractivity contribution in [2.75, 3.05) is 0 Å². The summed E-state index contributed by atoms with van der Waals surface area (Å²) >= 11 is 0. The molecule has 0 rings (SSSR count). The molecule has 7 atom stereocenters. The second kappa shape index (κ2) is 14.7. The van der Waals surface area contributed by atoms with E-state index in [1.54, 1.807) is 0 Å². The van der Waals surface area contributed by atoms with Crippen LogP contribution >= 0.6 is 0 Å². The third-order valence-corrected chi connectivity index (χ3v) is 27.0. The molecule has 0 bridgehead atoms. The Morgan fingerprint density at radius 1 is 0.744 bits per heavy atom. The zero-order chi connectivity index (χ0) is 34.6. The molecule has 43 heavy (non-hydrogen) atoms. The van der Waals surface area contributed by atoms with E-state index in [4.69, 9.17) is 13.3 Å². The minimum atomic E-state index is -4.24. The third kappa shape index (κ3) is 8.40. The molecule has 0 aromatic heterocycles. The molecule has 0 aromatic carbocycles. The maximum Gasteiger partial charge on any atom is 0.388 e.